The van der Waals surface area contributed by atoms with Gasteiger partial charge in [-0.3, -0.25) is 14.9 Å². The van der Waals surface area contributed by atoms with E-state index >= 15 is 0 Å². The van der Waals surface area contributed by atoms with Gasteiger partial charge in [0, 0.05) is 12.1 Å². The van der Waals surface area contributed by atoms with E-state index in [4.69, 9.17) is 4.74 Å². The predicted molar refractivity (Wildman–Crippen MR) is 78.6 cm³/mol. The van der Waals surface area contributed by atoms with E-state index in [1.54, 1.807) is 0 Å². The third-order valence-electron chi connectivity index (χ3n) is 2.39. The van der Waals surface area contributed by atoms with E-state index in [0.717, 1.165) is 11.3 Å². The number of halogens is 1. The average molecular weight is 323 g/mol. The number of amides is 1. The Kier molecular flexibility index (Phi) is 5.15. The van der Waals surface area contributed by atoms with Crippen molar-refractivity contribution in [2.45, 2.75) is 0 Å². The van der Waals surface area contributed by atoms with Crippen molar-refractivity contribution in [3.8, 4) is 5.75 Å². The van der Waals surface area contributed by atoms with Crippen molar-refractivity contribution in [2.24, 2.45) is 5.10 Å². The summed E-state index contributed by atoms with van der Waals surface area (Å²) in [6, 6.07) is 8.16. The summed E-state index contributed by atoms with van der Waals surface area (Å²) in [5.41, 5.74) is 2.16. The number of thiophene rings is 1. The highest BCUT2D eigenvalue weighted by Crippen LogP contribution is 2.17. The Hall–Kier alpha value is -2.81. The van der Waals surface area contributed by atoms with E-state index in [9.17, 15) is 19.3 Å². The number of hydrazone groups is 1. The van der Waals surface area contributed by atoms with E-state index in [1.807, 2.05) is 0 Å². The topological polar surface area (TPSA) is 93.8 Å². The average Bonchev–Trinajstić information content (AvgIpc) is 2.91. The SMILES string of the molecule is O=C(COc1ccc([N+](=O)[O-])cc1)N/N=C/c1ccc(F)s1. The maximum atomic E-state index is 12.7. The normalized spacial score (nSPS) is 10.6. The molecule has 1 heterocycles. The van der Waals surface area contributed by atoms with Gasteiger partial charge in [-0.25, -0.2) is 5.43 Å². The lowest BCUT2D eigenvalue weighted by Crippen LogP contribution is -2.24. The molecule has 0 aliphatic rings. The summed E-state index contributed by atoms with van der Waals surface area (Å²) in [5.74, 6) is -0.184. The number of nitrogens with one attached hydrogen (secondary N) is 1. The number of carbonyl (C=O) groups excluding carboxylic acids is 1. The van der Waals surface area contributed by atoms with E-state index in [2.05, 4.69) is 10.5 Å². The standard InChI is InChI=1S/C13H10FN3O4S/c14-12-6-5-11(22-12)7-15-16-13(18)8-21-10-3-1-9(2-4-10)17(19)20/h1-7H,8H2,(H,16,18)/b15-7+. The van der Waals surface area contributed by atoms with Gasteiger partial charge in [0.1, 0.15) is 5.75 Å². The molecule has 0 saturated carbocycles. The second-order valence-electron chi connectivity index (χ2n) is 3.97. The second-order valence-corrected chi connectivity index (χ2v) is 5.04. The van der Waals surface area contributed by atoms with Crippen molar-refractivity contribution in [3.63, 3.8) is 0 Å². The van der Waals surface area contributed by atoms with Crippen molar-refractivity contribution < 1.29 is 18.8 Å². The molecular weight excluding hydrogens is 313 g/mol. The third-order valence-corrected chi connectivity index (χ3v) is 3.20. The van der Waals surface area contributed by atoms with Crippen LogP contribution in [0.4, 0.5) is 10.1 Å². The van der Waals surface area contributed by atoms with E-state index in [1.165, 1.54) is 42.6 Å². The zero-order chi connectivity index (χ0) is 15.9. The van der Waals surface area contributed by atoms with Crippen LogP contribution in [0.25, 0.3) is 0 Å². The first kappa shape index (κ1) is 15.6. The van der Waals surface area contributed by atoms with Gasteiger partial charge in [0.05, 0.1) is 16.0 Å². The molecular formula is C13H10FN3O4S. The molecule has 0 aliphatic carbocycles. The van der Waals surface area contributed by atoms with Crippen molar-refractivity contribution in [1.82, 2.24) is 5.43 Å². The Morgan fingerprint density at radius 2 is 2.09 bits per heavy atom. The van der Waals surface area contributed by atoms with Crippen LogP contribution < -0.4 is 10.2 Å². The fraction of sp³-hybridized carbons (Fsp3) is 0.0769. The Bertz CT molecular complexity index is 700. The van der Waals surface area contributed by atoms with Gasteiger partial charge < -0.3 is 4.74 Å². The van der Waals surface area contributed by atoms with Gasteiger partial charge in [-0.15, -0.1) is 11.3 Å². The number of nitro groups is 1. The summed E-state index contributed by atoms with van der Waals surface area (Å²) < 4.78 is 17.9. The number of hydrogen-bond donors (Lipinski definition) is 1. The molecule has 0 radical (unpaired) electrons. The highest BCUT2D eigenvalue weighted by atomic mass is 32.1. The van der Waals surface area contributed by atoms with Crippen LogP contribution in [0.15, 0.2) is 41.5 Å². The molecule has 7 nitrogen and oxygen atoms in total. The molecule has 9 heteroatoms. The van der Waals surface area contributed by atoms with Gasteiger partial charge in [-0.2, -0.15) is 9.49 Å². The van der Waals surface area contributed by atoms with Gasteiger partial charge in [-0.05, 0) is 24.3 Å². The molecule has 0 saturated heterocycles. The van der Waals surface area contributed by atoms with Crippen LogP contribution in [-0.2, 0) is 4.79 Å². The number of nitrogens with zero attached hydrogens (tertiary/aromatic N) is 2. The molecule has 0 aliphatic heterocycles. The quantitative estimate of drug-likeness (QED) is 0.501. The predicted octanol–water partition coefficient (Wildman–Crippen LogP) is 2.32. The smallest absolute Gasteiger partial charge is 0.277 e. The molecule has 0 bridgehead atoms. The molecule has 1 amide bonds. The van der Waals surface area contributed by atoms with E-state index in [-0.39, 0.29) is 17.4 Å². The summed E-state index contributed by atoms with van der Waals surface area (Å²) in [5, 5.41) is 13.8. The monoisotopic (exact) mass is 323 g/mol. The minimum absolute atomic E-state index is 0.0652. The van der Waals surface area contributed by atoms with E-state index in [0.29, 0.717) is 10.6 Å². The zero-order valence-corrected chi connectivity index (χ0v) is 11.9. The van der Waals surface area contributed by atoms with Gasteiger partial charge in [-0.1, -0.05) is 0 Å². The first-order valence-corrected chi connectivity index (χ1v) is 6.81. The summed E-state index contributed by atoms with van der Waals surface area (Å²) in [4.78, 5) is 22.0. The molecule has 22 heavy (non-hydrogen) atoms. The minimum Gasteiger partial charge on any atom is -0.484 e. The Morgan fingerprint density at radius 1 is 1.36 bits per heavy atom. The molecule has 2 aromatic rings. The highest BCUT2D eigenvalue weighted by Gasteiger charge is 2.06. The Morgan fingerprint density at radius 3 is 2.68 bits per heavy atom. The van der Waals surface area contributed by atoms with E-state index < -0.39 is 10.8 Å². The minimum atomic E-state index is -0.529. The van der Waals surface area contributed by atoms with Crippen molar-refractivity contribution in [1.29, 1.82) is 0 Å². The molecule has 0 unspecified atom stereocenters. The van der Waals surface area contributed by atoms with Gasteiger partial charge in [0.2, 0.25) is 0 Å². The second kappa shape index (κ2) is 7.27. The summed E-state index contributed by atoms with van der Waals surface area (Å²) in [6.45, 7) is -0.298. The molecule has 1 aromatic carbocycles. The van der Waals surface area contributed by atoms with Crippen LogP contribution in [0.5, 0.6) is 5.75 Å². The number of hydrogen-bond acceptors (Lipinski definition) is 6. The van der Waals surface area contributed by atoms with Gasteiger partial charge >= 0.3 is 0 Å². The number of rotatable bonds is 6. The number of carbonyl (C=O) groups is 1. The maximum absolute atomic E-state index is 12.7. The first-order chi connectivity index (χ1) is 10.5. The van der Waals surface area contributed by atoms with Crippen LogP contribution in [0.2, 0.25) is 0 Å². The molecule has 0 fully saturated rings. The number of benzene rings is 1. The lowest BCUT2D eigenvalue weighted by Gasteiger charge is -2.04. The Balaban J connectivity index is 1.77. The molecule has 0 atom stereocenters. The van der Waals surface area contributed by atoms with Crippen LogP contribution in [0.1, 0.15) is 4.88 Å². The number of ether oxygens (including phenoxy) is 1. The maximum Gasteiger partial charge on any atom is 0.277 e. The van der Waals surface area contributed by atoms with Crippen molar-refractivity contribution in [2.75, 3.05) is 6.61 Å². The fourth-order valence-corrected chi connectivity index (χ4v) is 2.01. The summed E-state index contributed by atoms with van der Waals surface area (Å²) in [6.07, 6.45) is 1.32. The molecule has 114 valence electrons. The van der Waals surface area contributed by atoms with Crippen LogP contribution in [0, 0.1) is 15.2 Å². The number of nitro benzene ring substituents is 1. The molecule has 2 rings (SSSR count). The fourth-order valence-electron chi connectivity index (χ4n) is 1.41. The lowest BCUT2D eigenvalue weighted by atomic mass is 10.3. The van der Waals surface area contributed by atoms with Crippen molar-refractivity contribution >= 4 is 29.1 Å². The Labute approximate surface area is 128 Å². The van der Waals surface area contributed by atoms with Crippen LogP contribution in [0.3, 0.4) is 0 Å². The number of non-ortho nitro benzene ring substituents is 1. The lowest BCUT2D eigenvalue weighted by molar-refractivity contribution is -0.384. The third kappa shape index (κ3) is 4.63. The highest BCUT2D eigenvalue weighted by molar-refractivity contribution is 7.12. The van der Waals surface area contributed by atoms with Gasteiger partial charge in [0.15, 0.2) is 11.7 Å². The first-order valence-electron chi connectivity index (χ1n) is 5.99. The molecule has 1 N–H and O–H groups in total. The molecule has 1 aromatic heterocycles. The van der Waals surface area contributed by atoms with Crippen molar-refractivity contribution in [3.05, 3.63) is 56.5 Å². The summed E-state index contributed by atoms with van der Waals surface area (Å²) >= 11 is 0.900. The summed E-state index contributed by atoms with van der Waals surface area (Å²) in [7, 11) is 0. The van der Waals surface area contributed by atoms with Gasteiger partial charge in [0.25, 0.3) is 11.6 Å². The largest absolute Gasteiger partial charge is 0.484 e. The van der Waals surface area contributed by atoms with Crippen LogP contribution >= 0.6 is 11.3 Å². The van der Waals surface area contributed by atoms with Crippen LogP contribution in [-0.4, -0.2) is 23.7 Å². The zero-order valence-electron chi connectivity index (χ0n) is 11.1. The molecule has 0 spiro atoms.